The van der Waals surface area contributed by atoms with Crippen LogP contribution >= 0.6 is 0 Å². The monoisotopic (exact) mass is 421 g/mol. The summed E-state index contributed by atoms with van der Waals surface area (Å²) in [5, 5.41) is 0. The van der Waals surface area contributed by atoms with E-state index in [1.165, 1.54) is 18.7 Å². The molecular weight excluding hydrogens is 393 g/mol. The van der Waals surface area contributed by atoms with Crippen LogP contribution in [0.1, 0.15) is 21.6 Å². The van der Waals surface area contributed by atoms with Crippen LogP contribution in [-0.2, 0) is 19.5 Å². The van der Waals surface area contributed by atoms with Crippen molar-refractivity contribution in [2.45, 2.75) is 19.5 Å². The molecule has 0 N–H and O–H groups in total. The van der Waals surface area contributed by atoms with Gasteiger partial charge in [-0.1, -0.05) is 36.4 Å². The standard InChI is InChI=1S/C25H28FN3O2/c1-31-24-10-9-21(18-22(24)26)19-27-14-16-29(17-15-27)25(30)23-8-5-12-28(23)13-11-20-6-3-2-4-7-20/h2-10,12,18H,11,13-17,19H2,1H3. The van der Waals surface area contributed by atoms with Crippen molar-refractivity contribution in [3.05, 3.63) is 89.5 Å². The van der Waals surface area contributed by atoms with Gasteiger partial charge in [-0.15, -0.1) is 0 Å². The number of halogens is 1. The van der Waals surface area contributed by atoms with E-state index in [4.69, 9.17) is 4.74 Å². The Morgan fingerprint density at radius 1 is 0.968 bits per heavy atom. The molecule has 0 unspecified atom stereocenters. The average Bonchev–Trinajstić information content (AvgIpc) is 3.27. The minimum Gasteiger partial charge on any atom is -0.494 e. The minimum atomic E-state index is -0.343. The fourth-order valence-electron chi connectivity index (χ4n) is 4.03. The molecule has 162 valence electrons. The number of aryl methyl sites for hydroxylation is 2. The molecule has 0 bridgehead atoms. The maximum absolute atomic E-state index is 13.9. The molecule has 2 aromatic carbocycles. The number of nitrogens with zero attached hydrogens (tertiary/aromatic N) is 3. The summed E-state index contributed by atoms with van der Waals surface area (Å²) in [4.78, 5) is 17.3. The van der Waals surface area contributed by atoms with Gasteiger partial charge in [-0.2, -0.15) is 0 Å². The number of carbonyl (C=O) groups is 1. The molecule has 1 amide bonds. The van der Waals surface area contributed by atoms with Crippen molar-refractivity contribution in [3.63, 3.8) is 0 Å². The lowest BCUT2D eigenvalue weighted by Gasteiger charge is -2.35. The van der Waals surface area contributed by atoms with Crippen LogP contribution in [0.3, 0.4) is 0 Å². The fourth-order valence-corrected chi connectivity index (χ4v) is 4.03. The molecule has 31 heavy (non-hydrogen) atoms. The third-order valence-electron chi connectivity index (χ3n) is 5.81. The Kier molecular flexibility index (Phi) is 6.67. The van der Waals surface area contributed by atoms with Crippen LogP contribution in [0.2, 0.25) is 0 Å². The van der Waals surface area contributed by atoms with Gasteiger partial charge in [0.1, 0.15) is 5.69 Å². The summed E-state index contributed by atoms with van der Waals surface area (Å²) in [5.41, 5.74) is 2.91. The Labute approximate surface area is 182 Å². The predicted molar refractivity (Wildman–Crippen MR) is 119 cm³/mol. The third-order valence-corrected chi connectivity index (χ3v) is 5.81. The topological polar surface area (TPSA) is 37.7 Å². The summed E-state index contributed by atoms with van der Waals surface area (Å²) in [6.07, 6.45) is 2.87. The van der Waals surface area contributed by atoms with Gasteiger partial charge in [-0.25, -0.2) is 4.39 Å². The molecule has 5 nitrogen and oxygen atoms in total. The summed E-state index contributed by atoms with van der Waals surface area (Å²) >= 11 is 0. The highest BCUT2D eigenvalue weighted by atomic mass is 19.1. The number of methoxy groups -OCH3 is 1. The molecular formula is C25H28FN3O2. The normalized spacial score (nSPS) is 14.6. The zero-order valence-electron chi connectivity index (χ0n) is 17.8. The number of piperazine rings is 1. The van der Waals surface area contributed by atoms with Crippen LogP contribution in [0, 0.1) is 5.82 Å². The van der Waals surface area contributed by atoms with Gasteiger partial charge in [0.25, 0.3) is 5.91 Å². The molecule has 2 heterocycles. The van der Waals surface area contributed by atoms with Gasteiger partial charge in [0, 0.05) is 45.5 Å². The highest BCUT2D eigenvalue weighted by Crippen LogP contribution is 2.19. The highest BCUT2D eigenvalue weighted by Gasteiger charge is 2.24. The molecule has 0 spiro atoms. The number of aromatic nitrogens is 1. The van der Waals surface area contributed by atoms with Gasteiger partial charge in [-0.05, 0) is 41.8 Å². The maximum atomic E-state index is 13.9. The van der Waals surface area contributed by atoms with E-state index in [1.807, 2.05) is 52.1 Å². The SMILES string of the molecule is COc1ccc(CN2CCN(C(=O)c3cccn3CCc3ccccc3)CC2)cc1F. The van der Waals surface area contributed by atoms with Crippen molar-refractivity contribution in [2.24, 2.45) is 0 Å². The number of rotatable bonds is 7. The van der Waals surface area contributed by atoms with Gasteiger partial charge in [0.15, 0.2) is 11.6 Å². The molecule has 6 heteroatoms. The van der Waals surface area contributed by atoms with E-state index >= 15 is 0 Å². The first-order chi connectivity index (χ1) is 15.1. The first-order valence-electron chi connectivity index (χ1n) is 10.7. The van der Waals surface area contributed by atoms with Crippen LogP contribution in [0.25, 0.3) is 0 Å². The number of hydrogen-bond acceptors (Lipinski definition) is 3. The van der Waals surface area contributed by atoms with Crippen LogP contribution in [0.5, 0.6) is 5.75 Å². The van der Waals surface area contributed by atoms with Crippen molar-refractivity contribution in [3.8, 4) is 5.75 Å². The van der Waals surface area contributed by atoms with Gasteiger partial charge in [0.2, 0.25) is 0 Å². The summed E-state index contributed by atoms with van der Waals surface area (Å²) in [5.74, 6) is -0.00675. The fraction of sp³-hybridized carbons (Fsp3) is 0.320. The zero-order valence-corrected chi connectivity index (χ0v) is 17.8. The lowest BCUT2D eigenvalue weighted by molar-refractivity contribution is 0.0617. The van der Waals surface area contributed by atoms with Crippen molar-refractivity contribution in [1.82, 2.24) is 14.4 Å². The largest absolute Gasteiger partial charge is 0.494 e. The van der Waals surface area contributed by atoms with Crippen LogP contribution in [0.4, 0.5) is 4.39 Å². The Morgan fingerprint density at radius 3 is 2.45 bits per heavy atom. The summed E-state index contributed by atoms with van der Waals surface area (Å²) in [6.45, 7) is 4.31. The van der Waals surface area contributed by atoms with Crippen molar-refractivity contribution < 1.29 is 13.9 Å². The van der Waals surface area contributed by atoms with Crippen LogP contribution in [0.15, 0.2) is 66.9 Å². The average molecular weight is 422 g/mol. The van der Waals surface area contributed by atoms with E-state index in [9.17, 15) is 9.18 Å². The van der Waals surface area contributed by atoms with Gasteiger partial charge >= 0.3 is 0 Å². The van der Waals surface area contributed by atoms with Crippen molar-refractivity contribution in [1.29, 1.82) is 0 Å². The first-order valence-corrected chi connectivity index (χ1v) is 10.7. The second kappa shape index (κ2) is 9.79. The Hall–Kier alpha value is -3.12. The van der Waals surface area contributed by atoms with Crippen LogP contribution in [-0.4, -0.2) is 53.6 Å². The minimum absolute atomic E-state index is 0.0770. The van der Waals surface area contributed by atoms with E-state index in [-0.39, 0.29) is 17.5 Å². The molecule has 1 aromatic heterocycles. The maximum Gasteiger partial charge on any atom is 0.270 e. The second-order valence-corrected chi connectivity index (χ2v) is 7.86. The van der Waals surface area contributed by atoms with E-state index in [1.54, 1.807) is 6.07 Å². The molecule has 0 saturated carbocycles. The molecule has 3 aromatic rings. The number of amides is 1. The molecule has 1 fully saturated rings. The number of hydrogen-bond donors (Lipinski definition) is 0. The molecule has 0 aliphatic carbocycles. The molecule has 1 aliphatic rings. The lowest BCUT2D eigenvalue weighted by atomic mass is 10.1. The Morgan fingerprint density at radius 2 is 1.74 bits per heavy atom. The smallest absolute Gasteiger partial charge is 0.270 e. The Bertz CT molecular complexity index is 1010. The summed E-state index contributed by atoms with van der Waals surface area (Å²) in [6, 6.07) is 19.2. The van der Waals surface area contributed by atoms with E-state index < -0.39 is 0 Å². The van der Waals surface area contributed by atoms with Crippen molar-refractivity contribution >= 4 is 5.91 Å². The predicted octanol–water partition coefficient (Wildman–Crippen LogP) is 3.84. The van der Waals surface area contributed by atoms with Gasteiger partial charge < -0.3 is 14.2 Å². The molecule has 0 atom stereocenters. The zero-order chi connectivity index (χ0) is 21.6. The third kappa shape index (κ3) is 5.14. The Balaban J connectivity index is 1.31. The number of ether oxygens (including phenoxy) is 1. The van der Waals surface area contributed by atoms with Gasteiger partial charge in [-0.3, -0.25) is 9.69 Å². The molecule has 1 aliphatic heterocycles. The molecule has 1 saturated heterocycles. The van der Waals surface area contributed by atoms with E-state index in [0.717, 1.165) is 37.3 Å². The lowest BCUT2D eigenvalue weighted by Crippen LogP contribution is -2.48. The first kappa shape index (κ1) is 21.1. The van der Waals surface area contributed by atoms with E-state index in [0.29, 0.717) is 19.6 Å². The molecule has 0 radical (unpaired) electrons. The highest BCUT2D eigenvalue weighted by molar-refractivity contribution is 5.92. The van der Waals surface area contributed by atoms with Gasteiger partial charge in [0.05, 0.1) is 7.11 Å². The quantitative estimate of drug-likeness (QED) is 0.582. The number of benzene rings is 2. The molecule has 4 rings (SSSR count). The summed E-state index contributed by atoms with van der Waals surface area (Å²) in [7, 11) is 1.46. The second-order valence-electron chi connectivity index (χ2n) is 7.86. The van der Waals surface area contributed by atoms with Crippen LogP contribution < -0.4 is 4.74 Å². The summed E-state index contributed by atoms with van der Waals surface area (Å²) < 4.78 is 21.0. The van der Waals surface area contributed by atoms with E-state index in [2.05, 4.69) is 17.0 Å². The van der Waals surface area contributed by atoms with Crippen molar-refractivity contribution in [2.75, 3.05) is 33.3 Å². The number of carbonyl (C=O) groups excluding carboxylic acids is 1.